The number of ether oxygens (including phenoxy) is 2. The van der Waals surface area contributed by atoms with E-state index in [4.69, 9.17) is 9.47 Å². The van der Waals surface area contributed by atoms with Gasteiger partial charge in [-0.3, -0.25) is 9.59 Å². The van der Waals surface area contributed by atoms with Crippen molar-refractivity contribution in [1.29, 1.82) is 0 Å². The number of carbonyl (C=O) groups is 2. The second-order valence-corrected chi connectivity index (χ2v) is 7.49. The van der Waals surface area contributed by atoms with Crippen molar-refractivity contribution in [3.63, 3.8) is 0 Å². The molecule has 2 saturated heterocycles. The van der Waals surface area contributed by atoms with Crippen LogP contribution in [-0.4, -0.2) is 48.8 Å². The van der Waals surface area contributed by atoms with Gasteiger partial charge in [0.15, 0.2) is 5.79 Å². The maximum absolute atomic E-state index is 13.0. The lowest BCUT2D eigenvalue weighted by Gasteiger charge is -2.38. The van der Waals surface area contributed by atoms with Gasteiger partial charge in [-0.1, -0.05) is 19.1 Å². The number of likely N-dealkylation sites (tertiary alicyclic amines) is 1. The molecule has 1 aromatic carbocycles. The van der Waals surface area contributed by atoms with Gasteiger partial charge in [-0.05, 0) is 37.0 Å². The summed E-state index contributed by atoms with van der Waals surface area (Å²) < 4.78 is 11.4. The molecule has 3 fully saturated rings. The lowest BCUT2D eigenvalue weighted by atomic mass is 9.98. The summed E-state index contributed by atoms with van der Waals surface area (Å²) in [7, 11) is 0. The predicted molar refractivity (Wildman–Crippen MR) is 96.6 cm³/mol. The summed E-state index contributed by atoms with van der Waals surface area (Å²) in [6.45, 7) is 4.50. The van der Waals surface area contributed by atoms with Crippen molar-refractivity contribution < 1.29 is 19.1 Å². The van der Waals surface area contributed by atoms with Crippen LogP contribution in [0, 0.1) is 5.41 Å². The fourth-order valence-corrected chi connectivity index (χ4v) is 3.88. The number of benzene rings is 1. The van der Waals surface area contributed by atoms with Crippen LogP contribution in [0.25, 0.3) is 0 Å². The van der Waals surface area contributed by atoms with E-state index in [1.54, 1.807) is 0 Å². The topological polar surface area (TPSA) is 67.9 Å². The third-order valence-electron chi connectivity index (χ3n) is 5.84. The van der Waals surface area contributed by atoms with Gasteiger partial charge in [-0.15, -0.1) is 0 Å². The molecule has 1 N–H and O–H groups in total. The van der Waals surface area contributed by atoms with Crippen LogP contribution in [0.2, 0.25) is 0 Å². The molecular formula is C20H26N2O4. The van der Waals surface area contributed by atoms with Gasteiger partial charge in [0.2, 0.25) is 11.8 Å². The van der Waals surface area contributed by atoms with Crippen molar-refractivity contribution in [3.8, 4) is 0 Å². The highest BCUT2D eigenvalue weighted by atomic mass is 16.7. The molecule has 6 heteroatoms. The van der Waals surface area contributed by atoms with E-state index in [9.17, 15) is 9.59 Å². The Morgan fingerprint density at radius 3 is 2.19 bits per heavy atom. The summed E-state index contributed by atoms with van der Waals surface area (Å²) in [6, 6.07) is 7.80. The number of rotatable bonds is 4. The van der Waals surface area contributed by atoms with Gasteiger partial charge in [0.25, 0.3) is 0 Å². The first-order valence-corrected chi connectivity index (χ1v) is 9.55. The highest BCUT2D eigenvalue weighted by molar-refractivity contribution is 6.13. The van der Waals surface area contributed by atoms with Crippen LogP contribution in [0.5, 0.6) is 0 Å². The Bertz CT molecular complexity index is 680. The molecule has 2 heterocycles. The van der Waals surface area contributed by atoms with Gasteiger partial charge >= 0.3 is 0 Å². The van der Waals surface area contributed by atoms with Gasteiger partial charge in [0.05, 0.1) is 13.2 Å². The molecule has 2 aliphatic heterocycles. The van der Waals surface area contributed by atoms with E-state index >= 15 is 0 Å². The molecule has 0 aromatic heterocycles. The van der Waals surface area contributed by atoms with Crippen LogP contribution in [0.15, 0.2) is 24.3 Å². The third-order valence-corrected chi connectivity index (χ3v) is 5.84. The Labute approximate surface area is 153 Å². The molecule has 1 aromatic rings. The number of nitrogens with one attached hydrogen (secondary N) is 1. The van der Waals surface area contributed by atoms with E-state index in [0.717, 1.165) is 12.1 Å². The summed E-state index contributed by atoms with van der Waals surface area (Å²) >= 11 is 0. The number of piperidine rings is 1. The van der Waals surface area contributed by atoms with Crippen LogP contribution in [0.4, 0.5) is 5.69 Å². The molecule has 0 atom stereocenters. The summed E-state index contributed by atoms with van der Waals surface area (Å²) in [5.74, 6) is -0.732. The van der Waals surface area contributed by atoms with E-state index in [2.05, 4.69) is 12.2 Å². The predicted octanol–water partition coefficient (Wildman–Crippen LogP) is 2.33. The van der Waals surface area contributed by atoms with Gasteiger partial charge in [-0.2, -0.15) is 0 Å². The number of anilines is 1. The second kappa shape index (κ2) is 6.67. The van der Waals surface area contributed by atoms with Crippen molar-refractivity contribution in [1.82, 2.24) is 4.90 Å². The van der Waals surface area contributed by atoms with Gasteiger partial charge in [-0.25, -0.2) is 0 Å². The number of carbonyl (C=O) groups excluding carboxylic acids is 2. The van der Waals surface area contributed by atoms with E-state index in [-0.39, 0.29) is 11.8 Å². The van der Waals surface area contributed by atoms with E-state index in [0.29, 0.717) is 52.0 Å². The molecule has 2 amide bonds. The molecule has 140 valence electrons. The minimum atomic E-state index is -0.884. The maximum atomic E-state index is 13.0. The zero-order chi connectivity index (χ0) is 18.2. The summed E-state index contributed by atoms with van der Waals surface area (Å²) in [6.07, 6.45) is 3.56. The molecule has 26 heavy (non-hydrogen) atoms. The Morgan fingerprint density at radius 1 is 1.04 bits per heavy atom. The first-order valence-electron chi connectivity index (χ1n) is 9.55. The zero-order valence-corrected chi connectivity index (χ0v) is 15.3. The average Bonchev–Trinajstić information content (AvgIpc) is 3.38. The lowest BCUT2D eigenvalue weighted by Crippen LogP contribution is -2.51. The number of aryl methyl sites for hydroxylation is 1. The average molecular weight is 358 g/mol. The van der Waals surface area contributed by atoms with Crippen LogP contribution in [0.3, 0.4) is 0 Å². The highest BCUT2D eigenvalue weighted by Crippen LogP contribution is 2.49. The fraction of sp³-hybridized carbons (Fsp3) is 0.600. The normalized spacial score (nSPS) is 23.0. The summed E-state index contributed by atoms with van der Waals surface area (Å²) in [5.41, 5.74) is 1.08. The molecule has 1 spiro atoms. The monoisotopic (exact) mass is 358 g/mol. The number of hydrogen-bond acceptors (Lipinski definition) is 4. The molecule has 0 radical (unpaired) electrons. The Morgan fingerprint density at radius 2 is 1.65 bits per heavy atom. The SMILES string of the molecule is CCc1ccc(NC(=O)C2(C(=O)N3CCC4(CC3)OCCO4)CC2)cc1. The molecule has 1 aliphatic carbocycles. The first-order chi connectivity index (χ1) is 12.6. The maximum Gasteiger partial charge on any atom is 0.240 e. The van der Waals surface area contributed by atoms with Crippen LogP contribution >= 0.6 is 0 Å². The third kappa shape index (κ3) is 3.12. The molecular weight excluding hydrogens is 332 g/mol. The molecule has 1 saturated carbocycles. The quantitative estimate of drug-likeness (QED) is 0.839. The fourth-order valence-electron chi connectivity index (χ4n) is 3.88. The molecule has 6 nitrogen and oxygen atoms in total. The largest absolute Gasteiger partial charge is 0.347 e. The Hall–Kier alpha value is -1.92. The van der Waals surface area contributed by atoms with E-state index in [1.165, 1.54) is 5.56 Å². The van der Waals surface area contributed by atoms with Crippen molar-refractivity contribution in [2.24, 2.45) is 5.41 Å². The molecule has 3 aliphatic rings. The lowest BCUT2D eigenvalue weighted by molar-refractivity contribution is -0.188. The second-order valence-electron chi connectivity index (χ2n) is 7.49. The standard InChI is InChI=1S/C20H26N2O4/c1-2-15-3-5-16(6-4-15)21-17(23)19(7-8-19)18(24)22-11-9-20(10-12-22)25-13-14-26-20/h3-6H,2,7-14H2,1H3,(H,21,23). The summed E-state index contributed by atoms with van der Waals surface area (Å²) in [5, 5.41) is 2.93. The Kier molecular flexibility index (Phi) is 4.49. The Balaban J connectivity index is 1.38. The van der Waals surface area contributed by atoms with E-state index in [1.807, 2.05) is 29.2 Å². The highest BCUT2D eigenvalue weighted by Gasteiger charge is 2.58. The minimum absolute atomic E-state index is 0.0481. The van der Waals surface area contributed by atoms with Crippen LogP contribution < -0.4 is 5.32 Å². The number of amides is 2. The van der Waals surface area contributed by atoms with Crippen molar-refractivity contribution in [2.45, 2.75) is 44.8 Å². The number of hydrogen-bond donors (Lipinski definition) is 1. The summed E-state index contributed by atoms with van der Waals surface area (Å²) in [4.78, 5) is 27.6. The van der Waals surface area contributed by atoms with E-state index < -0.39 is 11.2 Å². The van der Waals surface area contributed by atoms with Crippen molar-refractivity contribution in [3.05, 3.63) is 29.8 Å². The van der Waals surface area contributed by atoms with Crippen molar-refractivity contribution in [2.75, 3.05) is 31.6 Å². The minimum Gasteiger partial charge on any atom is -0.347 e. The smallest absolute Gasteiger partial charge is 0.240 e. The first kappa shape index (κ1) is 17.5. The van der Waals surface area contributed by atoms with Gasteiger partial charge in [0, 0.05) is 31.6 Å². The van der Waals surface area contributed by atoms with Crippen LogP contribution in [0.1, 0.15) is 38.2 Å². The zero-order valence-electron chi connectivity index (χ0n) is 15.3. The van der Waals surface area contributed by atoms with Gasteiger partial charge < -0.3 is 19.7 Å². The molecule has 0 bridgehead atoms. The van der Waals surface area contributed by atoms with Crippen LogP contribution in [-0.2, 0) is 25.5 Å². The van der Waals surface area contributed by atoms with Crippen molar-refractivity contribution >= 4 is 17.5 Å². The molecule has 4 rings (SSSR count). The van der Waals surface area contributed by atoms with Gasteiger partial charge in [0.1, 0.15) is 5.41 Å². The molecule has 0 unspecified atom stereocenters. The number of nitrogens with zero attached hydrogens (tertiary/aromatic N) is 1.